The van der Waals surface area contributed by atoms with Crippen molar-refractivity contribution in [2.75, 3.05) is 21.3 Å². The fraction of sp³-hybridized carbons (Fsp3) is 0.174. The number of methoxy groups -OCH3 is 3. The maximum atomic E-state index is 12.6. The summed E-state index contributed by atoms with van der Waals surface area (Å²) in [5.74, 6) is 1.43. The predicted molar refractivity (Wildman–Crippen MR) is 117 cm³/mol. The Morgan fingerprint density at radius 2 is 1.74 bits per heavy atom. The number of ether oxygens (including phenoxy) is 5. The molecule has 0 atom stereocenters. The van der Waals surface area contributed by atoms with E-state index in [1.807, 2.05) is 0 Å². The summed E-state index contributed by atoms with van der Waals surface area (Å²) >= 11 is 0. The number of rotatable bonds is 9. The summed E-state index contributed by atoms with van der Waals surface area (Å²) in [6.07, 6.45) is 4.62. The maximum Gasteiger partial charge on any atom is 0.344 e. The van der Waals surface area contributed by atoms with Gasteiger partial charge in [-0.3, -0.25) is 4.98 Å². The van der Waals surface area contributed by atoms with Crippen LogP contribution >= 0.6 is 0 Å². The van der Waals surface area contributed by atoms with E-state index in [2.05, 4.69) is 20.2 Å². The zero-order valence-electron chi connectivity index (χ0n) is 18.5. The van der Waals surface area contributed by atoms with Crippen molar-refractivity contribution in [1.29, 1.82) is 0 Å². The first-order valence-electron chi connectivity index (χ1n) is 9.95. The number of nitrogens with zero attached hydrogens (tertiary/aromatic N) is 4. The predicted octanol–water partition coefficient (Wildman–Crippen LogP) is 3.70. The van der Waals surface area contributed by atoms with Crippen molar-refractivity contribution in [2.45, 2.75) is 6.61 Å². The summed E-state index contributed by atoms with van der Waals surface area (Å²) in [6.45, 7) is -0.252. The van der Waals surface area contributed by atoms with E-state index in [4.69, 9.17) is 28.1 Å². The van der Waals surface area contributed by atoms with E-state index in [1.54, 1.807) is 36.5 Å². The van der Waals surface area contributed by atoms with Crippen LogP contribution in [0, 0.1) is 0 Å². The molecule has 0 fully saturated rings. The van der Waals surface area contributed by atoms with Crippen molar-refractivity contribution in [2.24, 2.45) is 0 Å². The number of esters is 1. The van der Waals surface area contributed by atoms with Gasteiger partial charge in [-0.25, -0.2) is 9.78 Å². The van der Waals surface area contributed by atoms with Crippen LogP contribution in [0.25, 0.3) is 11.5 Å². The average molecular weight is 464 g/mol. The molecule has 3 heterocycles. The third-order valence-electron chi connectivity index (χ3n) is 4.55. The molecule has 0 aliphatic rings. The topological polar surface area (TPSA) is 128 Å². The summed E-state index contributed by atoms with van der Waals surface area (Å²) in [5, 5.41) is 7.95. The molecule has 0 bridgehead atoms. The minimum absolute atomic E-state index is 0.0872. The Bertz CT molecular complexity index is 1250. The lowest BCUT2D eigenvalue weighted by atomic mass is 10.2. The zero-order chi connectivity index (χ0) is 23.9. The van der Waals surface area contributed by atoms with Crippen LogP contribution in [0.3, 0.4) is 0 Å². The molecule has 0 radical (unpaired) electrons. The maximum absolute atomic E-state index is 12.6. The fourth-order valence-electron chi connectivity index (χ4n) is 2.98. The first-order chi connectivity index (χ1) is 16.6. The second-order valence-corrected chi connectivity index (χ2v) is 6.64. The summed E-state index contributed by atoms with van der Waals surface area (Å²) < 4.78 is 32.6. The monoisotopic (exact) mass is 464 g/mol. The normalized spacial score (nSPS) is 10.4. The van der Waals surface area contributed by atoms with E-state index < -0.39 is 5.97 Å². The second-order valence-electron chi connectivity index (χ2n) is 6.64. The minimum Gasteiger partial charge on any atom is -0.493 e. The standard InChI is InChI=1S/C23H20N4O7/c1-29-17-10-14(11-18(30-2)20(17)31-3)21-27-26-19(34-21)13-32-23(28)16-7-5-9-25-22(16)33-15-6-4-8-24-12-15/h4-12H,13H2,1-3H3. The number of hydrogen-bond donors (Lipinski definition) is 0. The van der Waals surface area contributed by atoms with Crippen molar-refractivity contribution >= 4 is 5.97 Å². The molecule has 0 aliphatic carbocycles. The summed E-state index contributed by atoms with van der Waals surface area (Å²) in [7, 11) is 4.52. The summed E-state index contributed by atoms with van der Waals surface area (Å²) in [6, 6.07) is 9.88. The highest BCUT2D eigenvalue weighted by Crippen LogP contribution is 2.40. The van der Waals surface area contributed by atoms with Crippen LogP contribution < -0.4 is 18.9 Å². The van der Waals surface area contributed by atoms with E-state index in [1.165, 1.54) is 39.8 Å². The summed E-state index contributed by atoms with van der Waals surface area (Å²) in [4.78, 5) is 20.7. The van der Waals surface area contributed by atoms with E-state index in [9.17, 15) is 4.79 Å². The van der Waals surface area contributed by atoms with Gasteiger partial charge in [-0.1, -0.05) is 0 Å². The van der Waals surface area contributed by atoms with Gasteiger partial charge in [0.2, 0.25) is 17.5 Å². The molecule has 174 valence electrons. The van der Waals surface area contributed by atoms with Crippen LogP contribution in [0.15, 0.2) is 59.4 Å². The molecule has 0 amide bonds. The van der Waals surface area contributed by atoms with Crippen molar-refractivity contribution < 1.29 is 32.9 Å². The van der Waals surface area contributed by atoms with Crippen LogP contribution in [0.2, 0.25) is 0 Å². The Morgan fingerprint density at radius 1 is 0.971 bits per heavy atom. The lowest BCUT2D eigenvalue weighted by Crippen LogP contribution is -2.08. The Balaban J connectivity index is 1.48. The third-order valence-corrected chi connectivity index (χ3v) is 4.55. The molecular weight excluding hydrogens is 444 g/mol. The quantitative estimate of drug-likeness (QED) is 0.336. The number of benzene rings is 1. The van der Waals surface area contributed by atoms with Crippen LogP contribution in [-0.2, 0) is 11.3 Å². The molecule has 0 unspecified atom stereocenters. The molecule has 3 aromatic heterocycles. The Hall–Kier alpha value is -4.67. The van der Waals surface area contributed by atoms with Gasteiger partial charge in [-0.05, 0) is 36.4 Å². The molecule has 4 aromatic rings. The number of hydrogen-bond acceptors (Lipinski definition) is 11. The van der Waals surface area contributed by atoms with Crippen molar-refractivity contribution in [3.05, 3.63) is 66.4 Å². The molecular formula is C23H20N4O7. The largest absolute Gasteiger partial charge is 0.493 e. The highest BCUT2D eigenvalue weighted by atomic mass is 16.5. The first kappa shape index (κ1) is 22.5. The smallest absolute Gasteiger partial charge is 0.344 e. The first-order valence-corrected chi connectivity index (χ1v) is 9.95. The molecule has 0 spiro atoms. The average Bonchev–Trinajstić information content (AvgIpc) is 3.36. The van der Waals surface area contributed by atoms with Gasteiger partial charge >= 0.3 is 5.97 Å². The Labute approximate surface area is 194 Å². The van der Waals surface area contributed by atoms with Gasteiger partial charge in [0.1, 0.15) is 11.3 Å². The van der Waals surface area contributed by atoms with Crippen LogP contribution in [0.1, 0.15) is 16.2 Å². The van der Waals surface area contributed by atoms with Gasteiger partial charge in [-0.2, -0.15) is 0 Å². The van der Waals surface area contributed by atoms with Gasteiger partial charge in [0.05, 0.1) is 27.5 Å². The molecule has 11 heteroatoms. The third kappa shape index (κ3) is 4.88. The van der Waals surface area contributed by atoms with Gasteiger partial charge in [-0.15, -0.1) is 10.2 Å². The highest BCUT2D eigenvalue weighted by molar-refractivity contribution is 5.91. The number of pyridine rings is 2. The fourth-order valence-corrected chi connectivity index (χ4v) is 2.98. The van der Waals surface area contributed by atoms with Crippen LogP contribution in [0.5, 0.6) is 28.9 Å². The van der Waals surface area contributed by atoms with Gasteiger partial charge in [0.25, 0.3) is 5.89 Å². The number of aromatic nitrogens is 4. The van der Waals surface area contributed by atoms with E-state index in [-0.39, 0.29) is 29.8 Å². The van der Waals surface area contributed by atoms with Crippen molar-refractivity contribution in [3.63, 3.8) is 0 Å². The molecule has 34 heavy (non-hydrogen) atoms. The highest BCUT2D eigenvalue weighted by Gasteiger charge is 2.20. The van der Waals surface area contributed by atoms with Gasteiger partial charge < -0.3 is 28.1 Å². The number of carbonyl (C=O) groups excluding carboxylic acids is 1. The molecule has 0 saturated carbocycles. The Morgan fingerprint density at radius 3 is 2.41 bits per heavy atom. The Kier molecular flexibility index (Phi) is 6.82. The van der Waals surface area contributed by atoms with Gasteiger partial charge in [0.15, 0.2) is 18.1 Å². The summed E-state index contributed by atoms with van der Waals surface area (Å²) in [5.41, 5.74) is 0.676. The molecule has 4 rings (SSSR count). The molecule has 0 aliphatic heterocycles. The molecule has 1 aromatic carbocycles. The SMILES string of the molecule is COc1cc(-c2nnc(COC(=O)c3cccnc3Oc3cccnc3)o2)cc(OC)c1OC. The van der Waals surface area contributed by atoms with Crippen molar-refractivity contribution in [1.82, 2.24) is 20.2 Å². The van der Waals surface area contributed by atoms with Crippen LogP contribution in [0.4, 0.5) is 0 Å². The zero-order valence-corrected chi connectivity index (χ0v) is 18.5. The minimum atomic E-state index is -0.667. The number of carbonyl (C=O) groups is 1. The van der Waals surface area contributed by atoms with E-state index in [0.29, 0.717) is 28.6 Å². The second kappa shape index (κ2) is 10.3. The molecule has 11 nitrogen and oxygen atoms in total. The van der Waals surface area contributed by atoms with E-state index >= 15 is 0 Å². The molecule has 0 N–H and O–H groups in total. The van der Waals surface area contributed by atoms with E-state index in [0.717, 1.165) is 0 Å². The van der Waals surface area contributed by atoms with Crippen molar-refractivity contribution in [3.8, 4) is 40.3 Å². The lowest BCUT2D eigenvalue weighted by Gasteiger charge is -2.12. The lowest BCUT2D eigenvalue weighted by molar-refractivity contribution is 0.0435. The molecule has 0 saturated heterocycles. The van der Waals surface area contributed by atoms with Crippen LogP contribution in [-0.4, -0.2) is 47.5 Å². The van der Waals surface area contributed by atoms with Gasteiger partial charge in [0, 0.05) is 18.0 Å².